The number of nitrogens with one attached hydrogen (secondary N) is 1. The Morgan fingerprint density at radius 2 is 2.00 bits per heavy atom. The third-order valence-corrected chi connectivity index (χ3v) is 4.76. The molecule has 0 unspecified atom stereocenters. The van der Waals surface area contributed by atoms with Gasteiger partial charge < -0.3 is 10.1 Å². The van der Waals surface area contributed by atoms with E-state index in [9.17, 15) is 10.1 Å². The number of methoxy groups -OCH3 is 1. The quantitative estimate of drug-likeness (QED) is 0.639. The Balaban J connectivity index is 2.01. The maximum Gasteiger partial charge on any atom is 0.246 e. The number of amidine groups is 1. The molecule has 0 bridgehead atoms. The lowest BCUT2D eigenvalue weighted by molar-refractivity contribution is -0.122. The molecule has 2 aromatic rings. The van der Waals surface area contributed by atoms with Crippen molar-refractivity contribution in [2.45, 2.75) is 19.8 Å². The Kier molecular flexibility index (Phi) is 5.09. The SMILES string of the molecule is C=C/C(=N\c1c(OC)ccc(-c2ccccc2)c1C)NC(=O)C1(C#N)CC1. The fourth-order valence-corrected chi connectivity index (χ4v) is 2.91. The van der Waals surface area contributed by atoms with Crippen molar-refractivity contribution in [2.75, 3.05) is 7.11 Å². The standard InChI is InChI=1S/C22H21N3O2/c1-4-19(25-21(26)22(14-23)12-13-22)24-20-15(2)17(10-11-18(20)27-3)16-8-6-5-7-9-16/h4-11H,1,12-13H2,2-3H3,(H,24,25,26). The van der Waals surface area contributed by atoms with Gasteiger partial charge in [-0.15, -0.1) is 0 Å². The van der Waals surface area contributed by atoms with Gasteiger partial charge in [0.05, 0.1) is 13.2 Å². The number of ether oxygens (including phenoxy) is 1. The predicted octanol–water partition coefficient (Wildman–Crippen LogP) is 4.31. The highest BCUT2D eigenvalue weighted by Crippen LogP contribution is 2.45. The van der Waals surface area contributed by atoms with Gasteiger partial charge in [0.2, 0.25) is 5.91 Å². The van der Waals surface area contributed by atoms with E-state index < -0.39 is 5.41 Å². The first-order valence-corrected chi connectivity index (χ1v) is 8.71. The molecule has 1 saturated carbocycles. The Bertz CT molecular complexity index is 952. The maximum atomic E-state index is 12.4. The molecule has 5 nitrogen and oxygen atoms in total. The van der Waals surface area contributed by atoms with Crippen LogP contribution in [-0.2, 0) is 4.79 Å². The summed E-state index contributed by atoms with van der Waals surface area (Å²) in [6.07, 6.45) is 2.62. The number of rotatable bonds is 5. The zero-order chi connectivity index (χ0) is 19.4. The molecule has 5 heteroatoms. The zero-order valence-corrected chi connectivity index (χ0v) is 15.5. The normalized spacial score (nSPS) is 14.8. The largest absolute Gasteiger partial charge is 0.494 e. The summed E-state index contributed by atoms with van der Waals surface area (Å²) in [5, 5.41) is 11.9. The summed E-state index contributed by atoms with van der Waals surface area (Å²) in [5.74, 6) is 0.565. The summed E-state index contributed by atoms with van der Waals surface area (Å²) in [4.78, 5) is 16.9. The van der Waals surface area contributed by atoms with Crippen molar-refractivity contribution in [3.63, 3.8) is 0 Å². The van der Waals surface area contributed by atoms with Crippen LogP contribution < -0.4 is 10.1 Å². The average molecular weight is 359 g/mol. The van der Waals surface area contributed by atoms with Crippen LogP contribution in [0.5, 0.6) is 5.75 Å². The van der Waals surface area contributed by atoms with Gasteiger partial charge in [0.1, 0.15) is 22.7 Å². The highest BCUT2D eigenvalue weighted by Gasteiger charge is 2.50. The molecule has 1 amide bonds. The molecule has 2 aromatic carbocycles. The van der Waals surface area contributed by atoms with Crippen LogP contribution in [0.4, 0.5) is 5.69 Å². The number of nitriles is 1. The molecule has 3 rings (SSSR count). The van der Waals surface area contributed by atoms with Crippen molar-refractivity contribution < 1.29 is 9.53 Å². The molecular formula is C22H21N3O2. The fraction of sp³-hybridized carbons (Fsp3) is 0.227. The second-order valence-corrected chi connectivity index (χ2v) is 6.50. The second-order valence-electron chi connectivity index (χ2n) is 6.50. The first-order valence-electron chi connectivity index (χ1n) is 8.71. The molecule has 0 aliphatic heterocycles. The van der Waals surface area contributed by atoms with Gasteiger partial charge in [-0.05, 0) is 48.6 Å². The van der Waals surface area contributed by atoms with Crippen LogP contribution >= 0.6 is 0 Å². The molecule has 27 heavy (non-hydrogen) atoms. The highest BCUT2D eigenvalue weighted by atomic mass is 16.5. The van der Waals surface area contributed by atoms with E-state index in [2.05, 4.69) is 23.0 Å². The summed E-state index contributed by atoms with van der Waals surface area (Å²) in [5.41, 5.74) is 2.72. The van der Waals surface area contributed by atoms with E-state index >= 15 is 0 Å². The van der Waals surface area contributed by atoms with Crippen LogP contribution in [0, 0.1) is 23.7 Å². The Labute approximate surface area is 159 Å². The summed E-state index contributed by atoms with van der Waals surface area (Å²) >= 11 is 0. The molecule has 136 valence electrons. The number of carbonyl (C=O) groups is 1. The van der Waals surface area contributed by atoms with E-state index in [1.165, 1.54) is 6.08 Å². The molecule has 1 fully saturated rings. The van der Waals surface area contributed by atoms with Crippen LogP contribution in [-0.4, -0.2) is 18.9 Å². The van der Waals surface area contributed by atoms with Crippen molar-refractivity contribution in [1.29, 1.82) is 5.26 Å². The zero-order valence-electron chi connectivity index (χ0n) is 15.5. The van der Waals surface area contributed by atoms with Crippen LogP contribution in [0.25, 0.3) is 11.1 Å². The van der Waals surface area contributed by atoms with Gasteiger partial charge >= 0.3 is 0 Å². The molecule has 1 aliphatic carbocycles. The lowest BCUT2D eigenvalue weighted by atomic mass is 9.99. The minimum atomic E-state index is -0.922. The van der Waals surface area contributed by atoms with Crippen molar-refractivity contribution in [3.05, 3.63) is 60.7 Å². The van der Waals surface area contributed by atoms with Gasteiger partial charge in [0, 0.05) is 0 Å². The average Bonchev–Trinajstić information content (AvgIpc) is 3.50. The van der Waals surface area contributed by atoms with Crippen LogP contribution in [0.15, 0.2) is 60.1 Å². The number of carbonyl (C=O) groups excluding carboxylic acids is 1. The summed E-state index contributed by atoms with van der Waals surface area (Å²) in [6.45, 7) is 5.70. The number of amides is 1. The van der Waals surface area contributed by atoms with E-state index in [0.717, 1.165) is 16.7 Å². The van der Waals surface area contributed by atoms with Crippen molar-refractivity contribution in [1.82, 2.24) is 5.32 Å². The van der Waals surface area contributed by atoms with Crippen LogP contribution in [0.3, 0.4) is 0 Å². The number of benzene rings is 2. The fourth-order valence-electron chi connectivity index (χ4n) is 2.91. The van der Waals surface area contributed by atoms with Gasteiger partial charge in [-0.3, -0.25) is 4.79 Å². The van der Waals surface area contributed by atoms with Crippen molar-refractivity contribution in [3.8, 4) is 22.9 Å². The third kappa shape index (κ3) is 3.61. The second kappa shape index (κ2) is 7.46. The molecule has 0 radical (unpaired) electrons. The molecule has 0 heterocycles. The number of nitrogens with zero attached hydrogens (tertiary/aromatic N) is 2. The van der Waals surface area contributed by atoms with E-state index in [0.29, 0.717) is 30.1 Å². The number of hydrogen-bond donors (Lipinski definition) is 1. The smallest absolute Gasteiger partial charge is 0.246 e. The van der Waals surface area contributed by atoms with Gasteiger partial charge in [0.15, 0.2) is 0 Å². The monoisotopic (exact) mass is 359 g/mol. The van der Waals surface area contributed by atoms with Gasteiger partial charge in [0.25, 0.3) is 0 Å². The molecule has 0 atom stereocenters. The predicted molar refractivity (Wildman–Crippen MR) is 106 cm³/mol. The van der Waals surface area contributed by atoms with E-state index in [-0.39, 0.29) is 5.91 Å². The molecule has 1 aliphatic rings. The summed E-state index contributed by atoms with van der Waals surface area (Å²) < 4.78 is 5.46. The minimum Gasteiger partial charge on any atom is -0.494 e. The van der Waals surface area contributed by atoms with Crippen molar-refractivity contribution in [2.24, 2.45) is 10.4 Å². The summed E-state index contributed by atoms with van der Waals surface area (Å²) in [7, 11) is 1.58. The Hall–Kier alpha value is -3.39. The highest BCUT2D eigenvalue weighted by molar-refractivity contribution is 6.08. The third-order valence-electron chi connectivity index (χ3n) is 4.76. The first kappa shape index (κ1) is 18.4. The lowest BCUT2D eigenvalue weighted by Gasteiger charge is -2.14. The molecule has 1 N–H and O–H groups in total. The van der Waals surface area contributed by atoms with E-state index in [1.807, 2.05) is 49.4 Å². The number of aliphatic imine (C=N–C) groups is 1. The molecule has 0 spiro atoms. The minimum absolute atomic E-state index is 0.299. The Morgan fingerprint density at radius 3 is 2.56 bits per heavy atom. The van der Waals surface area contributed by atoms with E-state index in [4.69, 9.17) is 4.74 Å². The van der Waals surface area contributed by atoms with Gasteiger partial charge in [-0.2, -0.15) is 5.26 Å². The topological polar surface area (TPSA) is 74.5 Å². The van der Waals surface area contributed by atoms with E-state index in [1.54, 1.807) is 7.11 Å². The summed E-state index contributed by atoms with van der Waals surface area (Å²) in [6, 6.07) is 15.9. The molecule has 0 aromatic heterocycles. The van der Waals surface area contributed by atoms with Gasteiger partial charge in [-0.25, -0.2) is 4.99 Å². The molecular weight excluding hydrogens is 338 g/mol. The van der Waals surface area contributed by atoms with Crippen molar-refractivity contribution >= 4 is 17.4 Å². The Morgan fingerprint density at radius 1 is 1.30 bits per heavy atom. The number of hydrogen-bond acceptors (Lipinski definition) is 4. The maximum absolute atomic E-state index is 12.4. The van der Waals surface area contributed by atoms with Gasteiger partial charge in [-0.1, -0.05) is 43.0 Å². The van der Waals surface area contributed by atoms with Crippen LogP contribution in [0.2, 0.25) is 0 Å². The lowest BCUT2D eigenvalue weighted by Crippen LogP contribution is -2.35. The first-order chi connectivity index (χ1) is 13.0. The van der Waals surface area contributed by atoms with Crippen LogP contribution in [0.1, 0.15) is 18.4 Å². The molecule has 0 saturated heterocycles.